The number of ether oxygens (including phenoxy) is 2. The Morgan fingerprint density at radius 1 is 1.17 bits per heavy atom. The first-order valence-electron chi connectivity index (χ1n) is 7.08. The van der Waals surface area contributed by atoms with E-state index < -0.39 is 6.36 Å². The van der Waals surface area contributed by atoms with Crippen LogP contribution < -0.4 is 10.1 Å². The van der Waals surface area contributed by atoms with Gasteiger partial charge >= 0.3 is 6.36 Å². The van der Waals surface area contributed by atoms with Crippen LogP contribution in [0.15, 0.2) is 40.8 Å². The Morgan fingerprint density at radius 3 is 2.50 bits per heavy atom. The van der Waals surface area contributed by atoms with Crippen LogP contribution in [0.3, 0.4) is 0 Å². The molecule has 2 rings (SSSR count). The third-order valence-electron chi connectivity index (χ3n) is 3.03. The minimum Gasteiger partial charge on any atom is -0.453 e. The van der Waals surface area contributed by atoms with Gasteiger partial charge in [0.1, 0.15) is 18.1 Å². The van der Waals surface area contributed by atoms with E-state index in [9.17, 15) is 18.0 Å². The number of hydrogen-bond acceptors (Lipinski definition) is 4. The SMILES string of the molecule is COCc1ccc(C(=O)NCCc2ccc(OC(F)(F)F)cc2)o1. The lowest BCUT2D eigenvalue weighted by Crippen LogP contribution is -2.25. The van der Waals surface area contributed by atoms with Crippen molar-refractivity contribution in [3.63, 3.8) is 0 Å². The van der Waals surface area contributed by atoms with Crippen molar-refractivity contribution >= 4 is 5.91 Å². The fourth-order valence-electron chi connectivity index (χ4n) is 1.99. The maximum Gasteiger partial charge on any atom is 0.573 e. The van der Waals surface area contributed by atoms with E-state index in [0.717, 1.165) is 5.56 Å². The summed E-state index contributed by atoms with van der Waals surface area (Å²) in [6.07, 6.45) is -4.25. The molecule has 0 bridgehead atoms. The molecule has 2 aromatic rings. The second-order valence-corrected chi connectivity index (χ2v) is 4.90. The van der Waals surface area contributed by atoms with Gasteiger partial charge in [-0.05, 0) is 36.2 Å². The lowest BCUT2D eigenvalue weighted by molar-refractivity contribution is -0.274. The van der Waals surface area contributed by atoms with Crippen LogP contribution in [0.5, 0.6) is 5.75 Å². The topological polar surface area (TPSA) is 60.7 Å². The Hall–Kier alpha value is -2.48. The van der Waals surface area contributed by atoms with E-state index in [1.54, 1.807) is 12.1 Å². The molecule has 24 heavy (non-hydrogen) atoms. The van der Waals surface area contributed by atoms with Gasteiger partial charge in [0.15, 0.2) is 5.76 Å². The summed E-state index contributed by atoms with van der Waals surface area (Å²) in [6, 6.07) is 8.68. The smallest absolute Gasteiger partial charge is 0.453 e. The normalized spacial score (nSPS) is 11.3. The highest BCUT2D eigenvalue weighted by molar-refractivity contribution is 5.91. The van der Waals surface area contributed by atoms with Gasteiger partial charge in [-0.3, -0.25) is 4.79 Å². The summed E-state index contributed by atoms with van der Waals surface area (Å²) in [5.74, 6) is 0.0739. The number of rotatable bonds is 7. The molecule has 5 nitrogen and oxygen atoms in total. The number of nitrogens with one attached hydrogen (secondary N) is 1. The number of amides is 1. The molecule has 130 valence electrons. The minimum atomic E-state index is -4.71. The fourth-order valence-corrected chi connectivity index (χ4v) is 1.99. The largest absolute Gasteiger partial charge is 0.573 e. The quantitative estimate of drug-likeness (QED) is 0.838. The summed E-state index contributed by atoms with van der Waals surface area (Å²) in [5, 5.41) is 2.67. The molecule has 1 aromatic heterocycles. The summed E-state index contributed by atoms with van der Waals surface area (Å²) in [7, 11) is 1.52. The van der Waals surface area contributed by atoms with Crippen molar-refractivity contribution in [1.82, 2.24) is 5.32 Å². The lowest BCUT2D eigenvalue weighted by Gasteiger charge is -2.09. The molecule has 0 aliphatic carbocycles. The van der Waals surface area contributed by atoms with Gasteiger partial charge in [-0.1, -0.05) is 12.1 Å². The van der Waals surface area contributed by atoms with Crippen LogP contribution in [-0.2, 0) is 17.8 Å². The second-order valence-electron chi connectivity index (χ2n) is 4.90. The molecule has 0 aliphatic heterocycles. The van der Waals surface area contributed by atoms with Crippen LogP contribution in [-0.4, -0.2) is 25.9 Å². The van der Waals surface area contributed by atoms with Gasteiger partial charge < -0.3 is 19.2 Å². The molecule has 0 unspecified atom stereocenters. The monoisotopic (exact) mass is 343 g/mol. The van der Waals surface area contributed by atoms with Crippen LogP contribution in [0.2, 0.25) is 0 Å². The summed E-state index contributed by atoms with van der Waals surface area (Å²) < 4.78 is 50.1. The van der Waals surface area contributed by atoms with Crippen molar-refractivity contribution in [3.05, 3.63) is 53.5 Å². The molecule has 0 atom stereocenters. The number of alkyl halides is 3. The number of methoxy groups -OCH3 is 1. The summed E-state index contributed by atoms with van der Waals surface area (Å²) >= 11 is 0. The van der Waals surface area contributed by atoms with Crippen LogP contribution in [0.25, 0.3) is 0 Å². The molecule has 1 aromatic carbocycles. The van der Waals surface area contributed by atoms with Gasteiger partial charge in [-0.2, -0.15) is 0 Å². The number of carbonyl (C=O) groups is 1. The third-order valence-corrected chi connectivity index (χ3v) is 3.03. The maximum absolute atomic E-state index is 12.1. The van der Waals surface area contributed by atoms with Gasteiger partial charge in [0.05, 0.1) is 0 Å². The van der Waals surface area contributed by atoms with E-state index in [0.29, 0.717) is 18.7 Å². The first kappa shape index (κ1) is 17.9. The number of benzene rings is 1. The second kappa shape index (κ2) is 7.87. The molecule has 0 saturated heterocycles. The van der Waals surface area contributed by atoms with Crippen molar-refractivity contribution in [2.45, 2.75) is 19.4 Å². The standard InChI is InChI=1S/C16H16F3NO4/c1-22-10-13-6-7-14(23-13)15(21)20-9-8-11-2-4-12(5-3-11)24-16(17,18)19/h2-7H,8-10H2,1H3,(H,20,21). The lowest BCUT2D eigenvalue weighted by atomic mass is 10.1. The summed E-state index contributed by atoms with van der Waals surface area (Å²) in [6.45, 7) is 0.595. The Labute approximate surface area is 136 Å². The van der Waals surface area contributed by atoms with Gasteiger partial charge in [0.2, 0.25) is 0 Å². The Kier molecular flexibility index (Phi) is 5.86. The Morgan fingerprint density at radius 2 is 1.88 bits per heavy atom. The van der Waals surface area contributed by atoms with Gasteiger partial charge in [-0.15, -0.1) is 13.2 Å². The minimum absolute atomic E-state index is 0.177. The van der Waals surface area contributed by atoms with Gasteiger partial charge in [0.25, 0.3) is 5.91 Å². The molecule has 0 saturated carbocycles. The average Bonchev–Trinajstić information content (AvgIpc) is 2.96. The van der Waals surface area contributed by atoms with Crippen molar-refractivity contribution in [1.29, 1.82) is 0 Å². The van der Waals surface area contributed by atoms with Crippen molar-refractivity contribution < 1.29 is 31.9 Å². The summed E-state index contributed by atoms with van der Waals surface area (Å²) in [5.41, 5.74) is 0.768. The molecular weight excluding hydrogens is 327 g/mol. The molecule has 0 spiro atoms. The molecule has 0 aliphatic rings. The predicted molar refractivity (Wildman–Crippen MR) is 78.6 cm³/mol. The number of carbonyl (C=O) groups excluding carboxylic acids is 1. The molecular formula is C16H16F3NO4. The molecule has 0 radical (unpaired) electrons. The molecule has 1 N–H and O–H groups in total. The van der Waals surface area contributed by atoms with E-state index in [-0.39, 0.29) is 24.0 Å². The average molecular weight is 343 g/mol. The van der Waals surface area contributed by atoms with Crippen LogP contribution in [0.4, 0.5) is 13.2 Å². The molecule has 1 amide bonds. The van der Waals surface area contributed by atoms with Crippen LogP contribution >= 0.6 is 0 Å². The first-order valence-corrected chi connectivity index (χ1v) is 7.08. The van der Waals surface area contributed by atoms with E-state index in [4.69, 9.17) is 9.15 Å². The van der Waals surface area contributed by atoms with Crippen LogP contribution in [0.1, 0.15) is 21.9 Å². The highest BCUT2D eigenvalue weighted by Crippen LogP contribution is 2.22. The number of hydrogen-bond donors (Lipinski definition) is 1. The number of halogens is 3. The van der Waals surface area contributed by atoms with E-state index >= 15 is 0 Å². The highest BCUT2D eigenvalue weighted by atomic mass is 19.4. The van der Waals surface area contributed by atoms with Crippen LogP contribution in [0, 0.1) is 0 Å². The first-order chi connectivity index (χ1) is 11.4. The molecule has 0 fully saturated rings. The predicted octanol–water partition coefficient (Wildman–Crippen LogP) is 3.30. The summed E-state index contributed by atoms with van der Waals surface area (Å²) in [4.78, 5) is 11.9. The zero-order valence-electron chi connectivity index (χ0n) is 12.9. The van der Waals surface area contributed by atoms with E-state index in [1.165, 1.54) is 31.4 Å². The molecule has 1 heterocycles. The number of furan rings is 1. The van der Waals surface area contributed by atoms with Crippen molar-refractivity contribution in [2.75, 3.05) is 13.7 Å². The third kappa shape index (κ3) is 5.62. The van der Waals surface area contributed by atoms with Crippen molar-refractivity contribution in [3.8, 4) is 5.75 Å². The zero-order chi connectivity index (χ0) is 17.6. The van der Waals surface area contributed by atoms with E-state index in [1.807, 2.05) is 0 Å². The highest BCUT2D eigenvalue weighted by Gasteiger charge is 2.30. The zero-order valence-corrected chi connectivity index (χ0v) is 12.9. The van der Waals surface area contributed by atoms with Gasteiger partial charge in [0, 0.05) is 13.7 Å². The Bertz CT molecular complexity index is 665. The van der Waals surface area contributed by atoms with Gasteiger partial charge in [-0.25, -0.2) is 0 Å². The Balaban J connectivity index is 1.79. The molecule has 8 heteroatoms. The maximum atomic E-state index is 12.1. The van der Waals surface area contributed by atoms with E-state index in [2.05, 4.69) is 10.1 Å². The van der Waals surface area contributed by atoms with Crippen molar-refractivity contribution in [2.24, 2.45) is 0 Å². The fraction of sp³-hybridized carbons (Fsp3) is 0.312.